The summed E-state index contributed by atoms with van der Waals surface area (Å²) in [5, 5.41) is 10.5. The topological polar surface area (TPSA) is 61.9 Å². The molecule has 1 amide bonds. The van der Waals surface area contributed by atoms with Crippen molar-refractivity contribution in [1.82, 2.24) is 20.1 Å². The molecule has 23 heavy (non-hydrogen) atoms. The Morgan fingerprint density at radius 2 is 2.35 bits per heavy atom. The molecular weight excluding hydrogens is 308 g/mol. The highest BCUT2D eigenvalue weighted by molar-refractivity contribution is 7.09. The van der Waals surface area contributed by atoms with Crippen molar-refractivity contribution < 1.29 is 4.79 Å². The van der Waals surface area contributed by atoms with E-state index in [1.165, 1.54) is 0 Å². The Morgan fingerprint density at radius 3 is 3.00 bits per heavy atom. The lowest BCUT2D eigenvalue weighted by Crippen LogP contribution is -2.40. The van der Waals surface area contributed by atoms with Gasteiger partial charge in [-0.3, -0.25) is 9.89 Å². The number of thiazole rings is 1. The van der Waals surface area contributed by atoms with Gasteiger partial charge in [0.2, 0.25) is 5.91 Å². The van der Waals surface area contributed by atoms with Crippen LogP contribution in [0.1, 0.15) is 60.6 Å². The highest BCUT2D eigenvalue weighted by Gasteiger charge is 2.26. The fourth-order valence-electron chi connectivity index (χ4n) is 3.03. The summed E-state index contributed by atoms with van der Waals surface area (Å²) in [6.07, 6.45) is 2.55. The van der Waals surface area contributed by atoms with Crippen molar-refractivity contribution in [2.75, 3.05) is 13.1 Å². The van der Waals surface area contributed by atoms with Gasteiger partial charge in [-0.2, -0.15) is 5.10 Å². The van der Waals surface area contributed by atoms with Crippen LogP contribution in [0, 0.1) is 6.92 Å². The first-order valence-corrected chi connectivity index (χ1v) is 9.15. The van der Waals surface area contributed by atoms with Crippen molar-refractivity contribution in [1.29, 1.82) is 0 Å². The van der Waals surface area contributed by atoms with Gasteiger partial charge < -0.3 is 4.90 Å². The Labute approximate surface area is 141 Å². The van der Waals surface area contributed by atoms with Crippen LogP contribution in [0.4, 0.5) is 0 Å². The minimum atomic E-state index is 0.183. The third kappa shape index (κ3) is 3.80. The molecule has 0 aliphatic carbocycles. The Hall–Kier alpha value is -1.69. The largest absolute Gasteiger partial charge is 0.342 e. The van der Waals surface area contributed by atoms with Crippen molar-refractivity contribution in [3.8, 4) is 0 Å². The molecule has 1 saturated heterocycles. The first-order valence-electron chi connectivity index (χ1n) is 8.27. The maximum Gasteiger partial charge on any atom is 0.228 e. The van der Waals surface area contributed by atoms with Gasteiger partial charge in [0.1, 0.15) is 0 Å². The van der Waals surface area contributed by atoms with E-state index < -0.39 is 0 Å². The second kappa shape index (κ2) is 6.83. The highest BCUT2D eigenvalue weighted by atomic mass is 32.1. The molecule has 3 rings (SSSR count). The zero-order valence-corrected chi connectivity index (χ0v) is 14.8. The van der Waals surface area contributed by atoms with E-state index in [9.17, 15) is 4.79 Å². The van der Waals surface area contributed by atoms with E-state index in [1.807, 2.05) is 17.2 Å². The molecule has 3 heterocycles. The van der Waals surface area contributed by atoms with Crippen LogP contribution in [-0.2, 0) is 11.2 Å². The van der Waals surface area contributed by atoms with Crippen LogP contribution in [0.15, 0.2) is 11.4 Å². The monoisotopic (exact) mass is 332 g/mol. The van der Waals surface area contributed by atoms with Crippen LogP contribution in [0.2, 0.25) is 0 Å². The SMILES string of the molecule is Cc1cc([C@H]2CCCN(C(=O)Cc3csc(C(C)C)n3)C2)n[nH]1. The van der Waals surface area contributed by atoms with E-state index >= 15 is 0 Å². The summed E-state index contributed by atoms with van der Waals surface area (Å²) in [7, 11) is 0. The molecule has 5 nitrogen and oxygen atoms in total. The molecule has 1 aliphatic rings. The van der Waals surface area contributed by atoms with E-state index in [0.29, 0.717) is 18.3 Å². The van der Waals surface area contributed by atoms with Gasteiger partial charge in [0.05, 0.1) is 22.8 Å². The van der Waals surface area contributed by atoms with Gasteiger partial charge in [0, 0.05) is 36.0 Å². The lowest BCUT2D eigenvalue weighted by molar-refractivity contribution is -0.131. The van der Waals surface area contributed by atoms with Crippen molar-refractivity contribution in [3.05, 3.63) is 33.5 Å². The van der Waals surface area contributed by atoms with Crippen LogP contribution < -0.4 is 0 Å². The average Bonchev–Trinajstić information content (AvgIpc) is 3.16. The number of likely N-dealkylation sites (tertiary alicyclic amines) is 1. The second-order valence-electron chi connectivity index (χ2n) is 6.66. The number of piperidine rings is 1. The molecule has 0 saturated carbocycles. The molecule has 1 aliphatic heterocycles. The zero-order chi connectivity index (χ0) is 16.4. The number of carbonyl (C=O) groups is 1. The smallest absolute Gasteiger partial charge is 0.228 e. The summed E-state index contributed by atoms with van der Waals surface area (Å²) in [4.78, 5) is 19.1. The molecule has 1 fully saturated rings. The fourth-order valence-corrected chi connectivity index (χ4v) is 3.86. The minimum absolute atomic E-state index is 0.183. The lowest BCUT2D eigenvalue weighted by atomic mass is 9.94. The first-order chi connectivity index (χ1) is 11.0. The molecule has 6 heteroatoms. The highest BCUT2D eigenvalue weighted by Crippen LogP contribution is 2.26. The van der Waals surface area contributed by atoms with Crippen LogP contribution >= 0.6 is 11.3 Å². The lowest BCUT2D eigenvalue weighted by Gasteiger charge is -2.32. The van der Waals surface area contributed by atoms with Gasteiger partial charge in [-0.25, -0.2) is 4.98 Å². The van der Waals surface area contributed by atoms with Crippen LogP contribution in [0.3, 0.4) is 0 Å². The number of aryl methyl sites for hydroxylation is 1. The molecule has 2 aromatic rings. The third-order valence-corrected chi connectivity index (χ3v) is 5.51. The van der Waals surface area contributed by atoms with Gasteiger partial charge in [0.15, 0.2) is 0 Å². The van der Waals surface area contributed by atoms with Crippen molar-refractivity contribution in [2.45, 2.75) is 51.9 Å². The minimum Gasteiger partial charge on any atom is -0.342 e. The summed E-state index contributed by atoms with van der Waals surface area (Å²) >= 11 is 1.65. The number of carbonyl (C=O) groups excluding carboxylic acids is 1. The summed E-state index contributed by atoms with van der Waals surface area (Å²) in [5.74, 6) is 0.952. The standard InChI is InChI=1S/C17H24N4OS/c1-11(2)17-18-14(10-23-17)8-16(22)21-6-4-5-13(9-21)15-7-12(3)19-20-15/h7,10-11,13H,4-6,8-9H2,1-3H3,(H,19,20)/t13-/m0/s1. The summed E-state index contributed by atoms with van der Waals surface area (Å²) in [6.45, 7) is 7.89. The summed E-state index contributed by atoms with van der Waals surface area (Å²) in [6, 6.07) is 2.09. The predicted molar refractivity (Wildman–Crippen MR) is 91.8 cm³/mol. The van der Waals surface area contributed by atoms with Crippen molar-refractivity contribution in [3.63, 3.8) is 0 Å². The molecule has 2 aromatic heterocycles. The maximum absolute atomic E-state index is 12.6. The number of nitrogens with zero attached hydrogens (tertiary/aromatic N) is 3. The average molecular weight is 332 g/mol. The van der Waals surface area contributed by atoms with E-state index in [-0.39, 0.29) is 5.91 Å². The summed E-state index contributed by atoms with van der Waals surface area (Å²) < 4.78 is 0. The van der Waals surface area contributed by atoms with E-state index in [2.05, 4.69) is 35.1 Å². The van der Waals surface area contributed by atoms with Crippen LogP contribution in [0.25, 0.3) is 0 Å². The Morgan fingerprint density at radius 1 is 1.52 bits per heavy atom. The number of aromatic amines is 1. The van der Waals surface area contributed by atoms with Gasteiger partial charge >= 0.3 is 0 Å². The molecule has 0 unspecified atom stereocenters. The molecule has 124 valence electrons. The first kappa shape index (κ1) is 16.2. The molecular formula is C17H24N4OS. The van der Waals surface area contributed by atoms with Crippen molar-refractivity contribution in [2.24, 2.45) is 0 Å². The molecule has 0 radical (unpaired) electrons. The molecule has 0 bridgehead atoms. The predicted octanol–water partition coefficient (Wildman–Crippen LogP) is 3.25. The molecule has 1 atom stereocenters. The quantitative estimate of drug-likeness (QED) is 0.935. The number of rotatable bonds is 4. The van der Waals surface area contributed by atoms with Crippen LogP contribution in [-0.4, -0.2) is 39.1 Å². The van der Waals surface area contributed by atoms with E-state index in [0.717, 1.165) is 48.0 Å². The summed E-state index contributed by atoms with van der Waals surface area (Å²) in [5.41, 5.74) is 3.06. The Balaban J connectivity index is 1.62. The van der Waals surface area contributed by atoms with Crippen LogP contribution in [0.5, 0.6) is 0 Å². The van der Waals surface area contributed by atoms with Gasteiger partial charge in [0.25, 0.3) is 0 Å². The second-order valence-corrected chi connectivity index (χ2v) is 7.55. The zero-order valence-electron chi connectivity index (χ0n) is 14.0. The number of aromatic nitrogens is 3. The molecule has 1 N–H and O–H groups in total. The number of nitrogens with one attached hydrogen (secondary N) is 1. The van der Waals surface area contributed by atoms with E-state index in [4.69, 9.17) is 0 Å². The van der Waals surface area contributed by atoms with Gasteiger partial charge in [-0.15, -0.1) is 11.3 Å². The number of hydrogen-bond acceptors (Lipinski definition) is 4. The number of amides is 1. The van der Waals surface area contributed by atoms with Gasteiger partial charge in [-0.1, -0.05) is 13.8 Å². The fraction of sp³-hybridized carbons (Fsp3) is 0.588. The third-order valence-electron chi connectivity index (χ3n) is 4.31. The van der Waals surface area contributed by atoms with Crippen molar-refractivity contribution >= 4 is 17.2 Å². The Bertz CT molecular complexity index is 676. The molecule has 0 spiro atoms. The maximum atomic E-state index is 12.6. The molecule has 0 aromatic carbocycles. The normalized spacial score (nSPS) is 18.6. The van der Waals surface area contributed by atoms with E-state index in [1.54, 1.807) is 11.3 Å². The number of H-pyrrole nitrogens is 1. The number of hydrogen-bond donors (Lipinski definition) is 1. The Kier molecular flexibility index (Phi) is 4.80. The van der Waals surface area contributed by atoms with Gasteiger partial charge in [-0.05, 0) is 25.8 Å².